The largest absolute Gasteiger partial charge is 0.506 e. The summed E-state index contributed by atoms with van der Waals surface area (Å²) < 4.78 is 0. The average molecular weight is 142 g/mol. The van der Waals surface area contributed by atoms with Gasteiger partial charge < -0.3 is 15.9 Å². The Balaban J connectivity index is 2.85. The van der Waals surface area contributed by atoms with Crippen LogP contribution >= 0.6 is 0 Å². The van der Waals surface area contributed by atoms with E-state index in [1.165, 1.54) is 12.2 Å². The smallest absolute Gasteiger partial charge is 0.138 e. The van der Waals surface area contributed by atoms with Crippen molar-refractivity contribution in [2.24, 2.45) is 11.5 Å². The highest BCUT2D eigenvalue weighted by Crippen LogP contribution is 2.17. The first-order valence-corrected chi connectivity index (χ1v) is 2.89. The van der Waals surface area contributed by atoms with Gasteiger partial charge in [-0.25, -0.2) is 0 Å². The second-order valence-electron chi connectivity index (χ2n) is 2.41. The van der Waals surface area contributed by atoms with Crippen LogP contribution in [0.4, 0.5) is 0 Å². The van der Waals surface area contributed by atoms with E-state index < -0.39 is 5.72 Å². The maximum Gasteiger partial charge on any atom is 0.138 e. The molecule has 6 N–H and O–H groups in total. The van der Waals surface area contributed by atoms with Gasteiger partial charge in [-0.05, 0) is 12.2 Å². The first-order valence-electron chi connectivity index (χ1n) is 2.89. The van der Waals surface area contributed by atoms with Gasteiger partial charge in [-0.2, -0.15) is 0 Å². The van der Waals surface area contributed by atoms with Crippen molar-refractivity contribution in [3.8, 4) is 0 Å². The number of hydrogen-bond donors (Lipinski definition) is 4. The molecule has 0 aromatic heterocycles. The molecule has 4 nitrogen and oxygen atoms in total. The lowest BCUT2D eigenvalue weighted by atomic mass is 10.0. The molecular weight excluding hydrogens is 132 g/mol. The van der Waals surface area contributed by atoms with E-state index in [0.29, 0.717) is 0 Å². The fourth-order valence-corrected chi connectivity index (χ4v) is 0.785. The fourth-order valence-electron chi connectivity index (χ4n) is 0.785. The zero-order valence-electron chi connectivity index (χ0n) is 5.41. The summed E-state index contributed by atoms with van der Waals surface area (Å²) >= 11 is 0. The van der Waals surface area contributed by atoms with Crippen molar-refractivity contribution >= 4 is 0 Å². The minimum atomic E-state index is -1.39. The number of rotatable bonds is 0. The number of nitrogens with two attached hydrogens (primary N) is 2. The van der Waals surface area contributed by atoms with Crippen molar-refractivity contribution in [2.75, 3.05) is 0 Å². The van der Waals surface area contributed by atoms with Gasteiger partial charge in [0, 0.05) is 6.42 Å². The van der Waals surface area contributed by atoms with E-state index in [1.54, 1.807) is 0 Å². The Labute approximate surface area is 58.4 Å². The van der Waals surface area contributed by atoms with E-state index >= 15 is 0 Å². The second-order valence-corrected chi connectivity index (χ2v) is 2.41. The maximum atomic E-state index is 9.13. The van der Waals surface area contributed by atoms with Crippen molar-refractivity contribution in [2.45, 2.75) is 12.1 Å². The van der Waals surface area contributed by atoms with Gasteiger partial charge in [-0.1, -0.05) is 0 Å². The summed E-state index contributed by atoms with van der Waals surface area (Å²) in [5.74, 6) is -0.0184. The summed E-state index contributed by atoms with van der Waals surface area (Å²) in [5, 5.41) is 18.0. The third-order valence-corrected chi connectivity index (χ3v) is 1.33. The second kappa shape index (κ2) is 2.00. The molecule has 0 aliphatic heterocycles. The summed E-state index contributed by atoms with van der Waals surface area (Å²) in [7, 11) is 0. The van der Waals surface area contributed by atoms with Gasteiger partial charge in [0.1, 0.15) is 11.5 Å². The van der Waals surface area contributed by atoms with Crippen LogP contribution in [-0.4, -0.2) is 15.9 Å². The van der Waals surface area contributed by atoms with Gasteiger partial charge in [0.05, 0.1) is 5.70 Å². The van der Waals surface area contributed by atoms with E-state index in [4.69, 9.17) is 21.7 Å². The van der Waals surface area contributed by atoms with Crippen LogP contribution in [-0.2, 0) is 0 Å². The lowest BCUT2D eigenvalue weighted by molar-refractivity contribution is 0.0941. The summed E-state index contributed by atoms with van der Waals surface area (Å²) in [6.07, 6.45) is 2.67. The Morgan fingerprint density at radius 2 is 2.20 bits per heavy atom. The molecule has 0 aromatic rings. The molecule has 0 radical (unpaired) electrons. The Kier molecular flexibility index (Phi) is 1.42. The summed E-state index contributed by atoms with van der Waals surface area (Å²) in [4.78, 5) is 0. The van der Waals surface area contributed by atoms with Crippen molar-refractivity contribution in [1.82, 2.24) is 0 Å². The minimum Gasteiger partial charge on any atom is -0.506 e. The molecule has 0 amide bonds. The van der Waals surface area contributed by atoms with Gasteiger partial charge >= 0.3 is 0 Å². The molecule has 0 aromatic carbocycles. The monoisotopic (exact) mass is 142 g/mol. The van der Waals surface area contributed by atoms with Crippen LogP contribution in [0.5, 0.6) is 0 Å². The zero-order chi connectivity index (χ0) is 7.78. The van der Waals surface area contributed by atoms with Crippen molar-refractivity contribution < 1.29 is 10.2 Å². The molecular formula is C6H10N2O2. The molecule has 10 heavy (non-hydrogen) atoms. The first-order chi connectivity index (χ1) is 4.51. The number of aliphatic hydroxyl groups is 2. The summed E-state index contributed by atoms with van der Waals surface area (Å²) in [6, 6.07) is 0. The van der Waals surface area contributed by atoms with E-state index in [-0.39, 0.29) is 17.9 Å². The molecule has 0 spiro atoms. The predicted molar refractivity (Wildman–Crippen MR) is 36.7 cm³/mol. The Bertz CT molecular complexity index is 206. The molecule has 0 saturated carbocycles. The van der Waals surface area contributed by atoms with Gasteiger partial charge in [0.25, 0.3) is 0 Å². The van der Waals surface area contributed by atoms with Crippen LogP contribution in [0.1, 0.15) is 6.42 Å². The highest BCUT2D eigenvalue weighted by Gasteiger charge is 2.22. The predicted octanol–water partition coefficient (Wildman–Crippen LogP) is -0.678. The van der Waals surface area contributed by atoms with Gasteiger partial charge in [0.15, 0.2) is 0 Å². The Hall–Kier alpha value is -1.00. The van der Waals surface area contributed by atoms with Crippen LogP contribution in [0.3, 0.4) is 0 Å². The summed E-state index contributed by atoms with van der Waals surface area (Å²) in [6.45, 7) is 0. The van der Waals surface area contributed by atoms with Gasteiger partial charge in [-0.15, -0.1) is 0 Å². The third kappa shape index (κ3) is 1.29. The lowest BCUT2D eigenvalue weighted by Gasteiger charge is -2.22. The SMILES string of the molecule is NC1=C(O)C=CC(N)(O)C1. The number of aliphatic hydroxyl groups excluding tert-OH is 1. The third-order valence-electron chi connectivity index (χ3n) is 1.33. The maximum absolute atomic E-state index is 9.13. The van der Waals surface area contributed by atoms with Gasteiger partial charge in [0.2, 0.25) is 0 Å². The molecule has 0 fully saturated rings. The van der Waals surface area contributed by atoms with Crippen molar-refractivity contribution in [1.29, 1.82) is 0 Å². The van der Waals surface area contributed by atoms with Crippen LogP contribution in [0.25, 0.3) is 0 Å². The lowest BCUT2D eigenvalue weighted by Crippen LogP contribution is -2.40. The van der Waals surface area contributed by atoms with Crippen LogP contribution < -0.4 is 11.5 Å². The highest BCUT2D eigenvalue weighted by atomic mass is 16.3. The topological polar surface area (TPSA) is 92.5 Å². The quantitative estimate of drug-likeness (QED) is 0.337. The number of hydrogen-bond acceptors (Lipinski definition) is 4. The summed E-state index contributed by atoms with van der Waals surface area (Å²) in [5.41, 5.74) is 9.39. The van der Waals surface area contributed by atoms with E-state index in [2.05, 4.69) is 0 Å². The van der Waals surface area contributed by atoms with Crippen molar-refractivity contribution in [3.05, 3.63) is 23.6 Å². The molecule has 0 heterocycles. The standard InChI is InChI=1S/C6H10N2O2/c7-4-3-6(8,10)2-1-5(4)9/h1-2,9-10H,3,7-8H2. The Morgan fingerprint density at radius 1 is 1.60 bits per heavy atom. The first kappa shape index (κ1) is 7.11. The molecule has 1 aliphatic rings. The van der Waals surface area contributed by atoms with Gasteiger partial charge in [-0.3, -0.25) is 5.73 Å². The molecule has 1 atom stereocenters. The number of allylic oxidation sites excluding steroid dienone is 1. The van der Waals surface area contributed by atoms with Crippen LogP contribution in [0.15, 0.2) is 23.6 Å². The van der Waals surface area contributed by atoms with E-state index in [9.17, 15) is 0 Å². The Morgan fingerprint density at radius 3 is 2.60 bits per heavy atom. The normalized spacial score (nSPS) is 33.0. The molecule has 0 saturated heterocycles. The minimum absolute atomic E-state index is 0.0184. The average Bonchev–Trinajstić information content (AvgIpc) is 1.79. The highest BCUT2D eigenvalue weighted by molar-refractivity contribution is 5.26. The molecule has 1 rings (SSSR count). The fraction of sp³-hybridized carbons (Fsp3) is 0.333. The van der Waals surface area contributed by atoms with Crippen molar-refractivity contribution in [3.63, 3.8) is 0 Å². The van der Waals surface area contributed by atoms with Crippen LogP contribution in [0, 0.1) is 0 Å². The molecule has 56 valence electrons. The molecule has 4 heteroatoms. The van der Waals surface area contributed by atoms with E-state index in [0.717, 1.165) is 0 Å². The molecule has 1 unspecified atom stereocenters. The zero-order valence-corrected chi connectivity index (χ0v) is 5.41. The molecule has 1 aliphatic carbocycles. The van der Waals surface area contributed by atoms with E-state index in [1.807, 2.05) is 0 Å². The van der Waals surface area contributed by atoms with Crippen LogP contribution in [0.2, 0.25) is 0 Å². The molecule has 0 bridgehead atoms.